The van der Waals surface area contributed by atoms with Gasteiger partial charge in [0.15, 0.2) is 0 Å². The van der Waals surface area contributed by atoms with Crippen LogP contribution in [0.4, 0.5) is 0 Å². The number of aliphatic carboxylic acids is 1. The molecule has 1 aliphatic carbocycles. The van der Waals surface area contributed by atoms with Crippen LogP contribution >= 0.6 is 11.8 Å². The van der Waals surface area contributed by atoms with E-state index >= 15 is 0 Å². The summed E-state index contributed by atoms with van der Waals surface area (Å²) in [5, 5.41) is 12.2. The molecule has 4 nitrogen and oxygen atoms in total. The van der Waals surface area contributed by atoms with Crippen LogP contribution in [0.5, 0.6) is 0 Å². The van der Waals surface area contributed by atoms with Crippen LogP contribution in [0.2, 0.25) is 0 Å². The maximum atomic E-state index is 12.0. The molecule has 0 aromatic carbocycles. The number of rotatable bonds is 5. The number of thioether (sulfide) groups is 1. The van der Waals surface area contributed by atoms with Gasteiger partial charge in [-0.15, -0.1) is 0 Å². The zero-order valence-electron chi connectivity index (χ0n) is 11.1. The van der Waals surface area contributed by atoms with Crippen molar-refractivity contribution in [3.63, 3.8) is 0 Å². The second kappa shape index (κ2) is 7.67. The van der Waals surface area contributed by atoms with E-state index in [0.717, 1.165) is 31.4 Å². The molecule has 0 aromatic heterocycles. The molecule has 18 heavy (non-hydrogen) atoms. The van der Waals surface area contributed by atoms with Crippen LogP contribution in [0.1, 0.15) is 39.0 Å². The van der Waals surface area contributed by atoms with Gasteiger partial charge in [0.05, 0.1) is 5.92 Å². The quantitative estimate of drug-likeness (QED) is 0.753. The smallest absolute Gasteiger partial charge is 0.308 e. The van der Waals surface area contributed by atoms with Gasteiger partial charge in [-0.3, -0.25) is 9.59 Å². The van der Waals surface area contributed by atoms with E-state index in [9.17, 15) is 14.7 Å². The lowest BCUT2D eigenvalue weighted by Crippen LogP contribution is -2.45. The Kier molecular flexibility index (Phi) is 6.54. The Labute approximate surface area is 113 Å². The largest absolute Gasteiger partial charge is 0.481 e. The lowest BCUT2D eigenvalue weighted by atomic mass is 9.94. The van der Waals surface area contributed by atoms with Gasteiger partial charge in [-0.05, 0) is 19.1 Å². The fourth-order valence-electron chi connectivity index (χ4n) is 2.43. The number of hydrogen-bond donors (Lipinski definition) is 2. The van der Waals surface area contributed by atoms with E-state index in [0.29, 0.717) is 6.42 Å². The molecule has 0 spiro atoms. The summed E-state index contributed by atoms with van der Waals surface area (Å²) in [5.74, 6) is -0.492. The van der Waals surface area contributed by atoms with Crippen LogP contribution in [0.3, 0.4) is 0 Å². The lowest BCUT2D eigenvalue weighted by molar-refractivity contribution is -0.143. The highest BCUT2D eigenvalue weighted by Crippen LogP contribution is 2.24. The summed E-state index contributed by atoms with van der Waals surface area (Å²) in [4.78, 5) is 23.2. The van der Waals surface area contributed by atoms with E-state index in [1.165, 1.54) is 0 Å². The van der Waals surface area contributed by atoms with E-state index < -0.39 is 11.9 Å². The molecule has 1 rings (SSSR count). The molecule has 0 bridgehead atoms. The number of amides is 1. The van der Waals surface area contributed by atoms with Gasteiger partial charge in [-0.25, -0.2) is 0 Å². The summed E-state index contributed by atoms with van der Waals surface area (Å²) in [6, 6.07) is -0.193. The average molecular weight is 273 g/mol. The highest BCUT2D eigenvalue weighted by Gasteiger charge is 2.31. The summed E-state index contributed by atoms with van der Waals surface area (Å²) in [7, 11) is 0. The third-order valence-corrected chi connectivity index (χ3v) is 4.36. The standard InChI is InChI=1S/C13H23NO3S/c1-9(8-18-2)12(15)14-11-7-5-3-4-6-10(11)13(16)17/h9-11H,3-8H2,1-2H3,(H,14,15)(H,16,17)/t9?,10-,11+/m1/s1. The molecule has 0 aliphatic heterocycles. The molecule has 0 radical (unpaired) electrons. The van der Waals surface area contributed by atoms with Crippen molar-refractivity contribution in [1.82, 2.24) is 5.32 Å². The Balaban J connectivity index is 2.60. The summed E-state index contributed by atoms with van der Waals surface area (Å²) in [5.41, 5.74) is 0. The molecule has 1 saturated carbocycles. The van der Waals surface area contributed by atoms with E-state index in [4.69, 9.17) is 0 Å². The van der Waals surface area contributed by atoms with Crippen molar-refractivity contribution in [2.75, 3.05) is 12.0 Å². The maximum Gasteiger partial charge on any atom is 0.308 e. The Morgan fingerprint density at radius 2 is 2.00 bits per heavy atom. The summed E-state index contributed by atoms with van der Waals surface area (Å²) in [6.45, 7) is 1.89. The topological polar surface area (TPSA) is 66.4 Å². The van der Waals surface area contributed by atoms with Gasteiger partial charge in [0, 0.05) is 17.7 Å². The van der Waals surface area contributed by atoms with Crippen molar-refractivity contribution >= 4 is 23.6 Å². The van der Waals surface area contributed by atoms with Gasteiger partial charge >= 0.3 is 5.97 Å². The van der Waals surface area contributed by atoms with E-state index in [1.807, 2.05) is 13.2 Å². The van der Waals surface area contributed by atoms with Crippen LogP contribution in [0, 0.1) is 11.8 Å². The van der Waals surface area contributed by atoms with E-state index in [-0.39, 0.29) is 17.9 Å². The Hall–Kier alpha value is -0.710. The first-order valence-electron chi connectivity index (χ1n) is 6.58. The fourth-order valence-corrected chi connectivity index (χ4v) is 3.08. The first kappa shape index (κ1) is 15.3. The van der Waals surface area contributed by atoms with Crippen molar-refractivity contribution in [3.8, 4) is 0 Å². The minimum absolute atomic E-state index is 0.0116. The number of carbonyl (C=O) groups is 2. The van der Waals surface area contributed by atoms with Crippen LogP contribution in [0.25, 0.3) is 0 Å². The monoisotopic (exact) mass is 273 g/mol. The Bertz CT molecular complexity index is 296. The van der Waals surface area contributed by atoms with E-state index in [1.54, 1.807) is 11.8 Å². The number of hydrogen-bond acceptors (Lipinski definition) is 3. The second-order valence-electron chi connectivity index (χ2n) is 5.05. The minimum Gasteiger partial charge on any atom is -0.481 e. The first-order chi connectivity index (χ1) is 8.56. The molecule has 1 aliphatic rings. The fraction of sp³-hybridized carbons (Fsp3) is 0.846. The molecule has 104 valence electrons. The van der Waals surface area contributed by atoms with Gasteiger partial charge in [0.25, 0.3) is 0 Å². The minimum atomic E-state index is -0.778. The highest BCUT2D eigenvalue weighted by molar-refractivity contribution is 7.98. The van der Waals surface area contributed by atoms with Crippen molar-refractivity contribution < 1.29 is 14.7 Å². The SMILES string of the molecule is CSCC(C)C(=O)N[C@H]1CCCCC[C@H]1C(=O)O. The van der Waals surface area contributed by atoms with E-state index in [2.05, 4.69) is 5.32 Å². The van der Waals surface area contributed by atoms with Crippen LogP contribution in [0.15, 0.2) is 0 Å². The van der Waals surface area contributed by atoms with Crippen molar-refractivity contribution in [1.29, 1.82) is 0 Å². The van der Waals surface area contributed by atoms with Crippen molar-refractivity contribution in [3.05, 3.63) is 0 Å². The molecule has 1 amide bonds. The van der Waals surface area contributed by atoms with Crippen LogP contribution in [-0.4, -0.2) is 35.0 Å². The van der Waals surface area contributed by atoms with Crippen molar-refractivity contribution in [2.24, 2.45) is 11.8 Å². The maximum absolute atomic E-state index is 12.0. The van der Waals surface area contributed by atoms with Crippen molar-refractivity contribution in [2.45, 2.75) is 45.1 Å². The third kappa shape index (κ3) is 4.52. The predicted molar refractivity (Wildman–Crippen MR) is 73.7 cm³/mol. The molecule has 1 fully saturated rings. The molecule has 3 atom stereocenters. The molecule has 2 N–H and O–H groups in total. The summed E-state index contributed by atoms with van der Waals surface area (Å²) < 4.78 is 0. The van der Waals surface area contributed by atoms with Gasteiger partial charge in [-0.2, -0.15) is 11.8 Å². The Morgan fingerprint density at radius 1 is 1.33 bits per heavy atom. The third-order valence-electron chi connectivity index (χ3n) is 3.53. The number of carboxylic acid groups (broad SMARTS) is 1. The molecule has 0 heterocycles. The molecule has 0 saturated heterocycles. The molecular weight excluding hydrogens is 250 g/mol. The number of carboxylic acids is 1. The number of carbonyl (C=O) groups excluding carboxylic acids is 1. The molecule has 1 unspecified atom stereocenters. The Morgan fingerprint density at radius 3 is 2.61 bits per heavy atom. The van der Waals surface area contributed by atoms with Gasteiger partial charge in [-0.1, -0.05) is 26.2 Å². The zero-order valence-corrected chi connectivity index (χ0v) is 12.0. The molecular formula is C13H23NO3S. The van der Waals surface area contributed by atoms with Gasteiger partial charge < -0.3 is 10.4 Å². The predicted octanol–water partition coefficient (Wildman–Crippen LogP) is 2.14. The van der Waals surface area contributed by atoms with Crippen LogP contribution < -0.4 is 5.32 Å². The summed E-state index contributed by atoms with van der Waals surface area (Å²) in [6.07, 6.45) is 6.45. The molecule has 5 heteroatoms. The lowest BCUT2D eigenvalue weighted by Gasteiger charge is -2.24. The zero-order chi connectivity index (χ0) is 13.5. The average Bonchev–Trinajstić information content (AvgIpc) is 2.54. The highest BCUT2D eigenvalue weighted by atomic mass is 32.2. The first-order valence-corrected chi connectivity index (χ1v) is 7.97. The number of nitrogens with one attached hydrogen (secondary N) is 1. The summed E-state index contributed by atoms with van der Waals surface area (Å²) >= 11 is 1.63. The molecule has 0 aromatic rings. The van der Waals surface area contributed by atoms with Crippen LogP contribution in [-0.2, 0) is 9.59 Å². The normalized spacial score (nSPS) is 26.1. The second-order valence-corrected chi connectivity index (χ2v) is 5.96. The van der Waals surface area contributed by atoms with Gasteiger partial charge in [0.1, 0.15) is 0 Å². The van der Waals surface area contributed by atoms with Gasteiger partial charge in [0.2, 0.25) is 5.91 Å².